The molecule has 1 aliphatic heterocycles. The second kappa shape index (κ2) is 11.3. The molecule has 2 aromatic carbocycles. The molecule has 0 atom stereocenters. The first-order valence-electron chi connectivity index (χ1n) is 10.9. The third kappa shape index (κ3) is 6.77. The predicted octanol–water partition coefficient (Wildman–Crippen LogP) is 1.18. The average Bonchev–Trinajstić information content (AvgIpc) is 2.83. The van der Waals surface area contributed by atoms with Crippen molar-refractivity contribution in [2.24, 2.45) is 5.84 Å². The van der Waals surface area contributed by atoms with Crippen LogP contribution in [0.1, 0.15) is 29.3 Å². The summed E-state index contributed by atoms with van der Waals surface area (Å²) in [4.78, 5) is 27.1. The molecule has 178 valence electrons. The largest absolute Gasteiger partial charge is 0.340 e. The lowest BCUT2D eigenvalue weighted by molar-refractivity contribution is -0.130. The van der Waals surface area contributed by atoms with Gasteiger partial charge in [-0.3, -0.25) is 24.2 Å². The maximum absolute atomic E-state index is 13.3. The maximum Gasteiger partial charge on any atom is 0.265 e. The molecule has 0 aliphatic carbocycles. The van der Waals surface area contributed by atoms with Crippen LogP contribution < -0.4 is 15.6 Å². The Morgan fingerprint density at radius 2 is 1.64 bits per heavy atom. The zero-order chi connectivity index (χ0) is 23.8. The van der Waals surface area contributed by atoms with Crippen LogP contribution in [0.4, 0.5) is 5.69 Å². The van der Waals surface area contributed by atoms with Crippen LogP contribution in [0.3, 0.4) is 0 Å². The molecule has 10 heteroatoms. The van der Waals surface area contributed by atoms with Crippen LogP contribution in [-0.4, -0.2) is 68.5 Å². The van der Waals surface area contributed by atoms with Crippen molar-refractivity contribution in [1.29, 1.82) is 0 Å². The Morgan fingerprint density at radius 1 is 1.00 bits per heavy atom. The highest BCUT2D eigenvalue weighted by Crippen LogP contribution is 2.22. The number of para-hydroxylation sites is 1. The molecule has 1 fully saturated rings. The molecule has 0 radical (unpaired) electrons. The number of anilines is 1. The van der Waals surface area contributed by atoms with Gasteiger partial charge < -0.3 is 4.90 Å². The van der Waals surface area contributed by atoms with Gasteiger partial charge in [0.05, 0.1) is 18.0 Å². The normalized spacial score (nSPS) is 14.7. The van der Waals surface area contributed by atoms with Crippen LogP contribution in [-0.2, 0) is 21.4 Å². The van der Waals surface area contributed by atoms with Gasteiger partial charge >= 0.3 is 0 Å². The Bertz CT molecular complexity index is 1040. The molecule has 0 unspecified atom stereocenters. The molecule has 2 amide bonds. The van der Waals surface area contributed by atoms with Gasteiger partial charge in [0.2, 0.25) is 15.9 Å². The van der Waals surface area contributed by atoms with E-state index in [0.717, 1.165) is 18.7 Å². The number of benzene rings is 2. The van der Waals surface area contributed by atoms with E-state index in [-0.39, 0.29) is 18.2 Å². The van der Waals surface area contributed by atoms with Gasteiger partial charge in [0, 0.05) is 38.7 Å². The van der Waals surface area contributed by atoms with E-state index in [4.69, 9.17) is 5.84 Å². The Hall–Kier alpha value is -2.95. The van der Waals surface area contributed by atoms with Gasteiger partial charge in [-0.15, -0.1) is 0 Å². The van der Waals surface area contributed by atoms with Crippen LogP contribution in [0.15, 0.2) is 54.6 Å². The van der Waals surface area contributed by atoms with E-state index in [9.17, 15) is 18.0 Å². The zero-order valence-corrected chi connectivity index (χ0v) is 19.6. The van der Waals surface area contributed by atoms with Gasteiger partial charge in [0.15, 0.2) is 0 Å². The molecule has 0 bridgehead atoms. The van der Waals surface area contributed by atoms with E-state index in [1.54, 1.807) is 55.5 Å². The lowest BCUT2D eigenvalue weighted by Gasteiger charge is -2.34. The minimum atomic E-state index is -3.59. The summed E-state index contributed by atoms with van der Waals surface area (Å²) >= 11 is 0. The molecule has 3 rings (SSSR count). The number of carbonyl (C=O) groups excluding carboxylic acids is 2. The number of hydrogen-bond donors (Lipinski definition) is 2. The number of nitrogens with one attached hydrogen (secondary N) is 1. The van der Waals surface area contributed by atoms with Crippen molar-refractivity contribution in [2.75, 3.05) is 42.8 Å². The molecule has 1 saturated heterocycles. The summed E-state index contributed by atoms with van der Waals surface area (Å²) < 4.78 is 28.0. The van der Waals surface area contributed by atoms with E-state index in [2.05, 4.69) is 10.3 Å². The molecular formula is C23H31N5O4S. The smallest absolute Gasteiger partial charge is 0.265 e. The summed E-state index contributed by atoms with van der Waals surface area (Å²) in [6.07, 6.45) is 0.501. The van der Waals surface area contributed by atoms with Gasteiger partial charge in [-0.1, -0.05) is 30.3 Å². The van der Waals surface area contributed by atoms with Crippen LogP contribution in [0.2, 0.25) is 0 Å². The Balaban J connectivity index is 1.66. The number of amides is 2. The van der Waals surface area contributed by atoms with Crippen molar-refractivity contribution in [1.82, 2.24) is 15.2 Å². The summed E-state index contributed by atoms with van der Waals surface area (Å²) in [5.74, 6) is 4.86. The highest BCUT2D eigenvalue weighted by molar-refractivity contribution is 7.92. The van der Waals surface area contributed by atoms with Crippen LogP contribution in [0.25, 0.3) is 0 Å². The van der Waals surface area contributed by atoms with Gasteiger partial charge in [0.25, 0.3) is 5.91 Å². The van der Waals surface area contributed by atoms with E-state index in [0.29, 0.717) is 37.3 Å². The van der Waals surface area contributed by atoms with Gasteiger partial charge in [-0.05, 0) is 42.8 Å². The Kier molecular flexibility index (Phi) is 8.43. The third-order valence-electron chi connectivity index (χ3n) is 5.75. The monoisotopic (exact) mass is 473 g/mol. The summed E-state index contributed by atoms with van der Waals surface area (Å²) in [7, 11) is -3.59. The fourth-order valence-corrected chi connectivity index (χ4v) is 5.33. The van der Waals surface area contributed by atoms with E-state index in [1.807, 2.05) is 11.0 Å². The number of hydrogen-bond acceptors (Lipinski definition) is 6. The lowest BCUT2D eigenvalue weighted by Crippen LogP contribution is -2.48. The quantitative estimate of drug-likeness (QED) is 0.321. The van der Waals surface area contributed by atoms with Crippen LogP contribution in [0.5, 0.6) is 0 Å². The second-order valence-electron chi connectivity index (χ2n) is 8.03. The molecule has 1 heterocycles. The number of nitrogen functional groups attached to an aromatic ring is 1. The van der Waals surface area contributed by atoms with Crippen LogP contribution in [0, 0.1) is 0 Å². The van der Waals surface area contributed by atoms with Crippen molar-refractivity contribution >= 4 is 27.5 Å². The lowest BCUT2D eigenvalue weighted by atomic mass is 10.1. The summed E-state index contributed by atoms with van der Waals surface area (Å²) in [5, 5.41) is 0. The second-order valence-corrected chi connectivity index (χ2v) is 10.0. The predicted molar refractivity (Wildman–Crippen MR) is 128 cm³/mol. The summed E-state index contributed by atoms with van der Waals surface area (Å²) in [5.41, 5.74) is 3.84. The highest BCUT2D eigenvalue weighted by atomic mass is 32.2. The molecule has 2 aromatic rings. The molecule has 0 spiro atoms. The Labute approximate surface area is 195 Å². The van der Waals surface area contributed by atoms with E-state index < -0.39 is 15.9 Å². The Morgan fingerprint density at radius 3 is 2.21 bits per heavy atom. The first kappa shape index (κ1) is 24.7. The number of nitrogens with zero attached hydrogens (tertiary/aromatic N) is 3. The topological polar surface area (TPSA) is 116 Å². The van der Waals surface area contributed by atoms with Gasteiger partial charge in [0.1, 0.15) is 0 Å². The molecule has 1 aliphatic rings. The van der Waals surface area contributed by atoms with Crippen molar-refractivity contribution in [3.05, 3.63) is 65.7 Å². The average molecular weight is 474 g/mol. The van der Waals surface area contributed by atoms with Gasteiger partial charge in [-0.2, -0.15) is 0 Å². The van der Waals surface area contributed by atoms with Crippen molar-refractivity contribution in [3.8, 4) is 0 Å². The van der Waals surface area contributed by atoms with Crippen molar-refractivity contribution in [3.63, 3.8) is 0 Å². The molecule has 0 saturated carbocycles. The molecule has 33 heavy (non-hydrogen) atoms. The number of piperazine rings is 1. The van der Waals surface area contributed by atoms with Crippen LogP contribution >= 0.6 is 0 Å². The zero-order valence-electron chi connectivity index (χ0n) is 18.8. The summed E-state index contributed by atoms with van der Waals surface area (Å²) in [6.45, 7) is 5.26. The van der Waals surface area contributed by atoms with E-state index >= 15 is 0 Å². The highest BCUT2D eigenvalue weighted by Gasteiger charge is 2.24. The van der Waals surface area contributed by atoms with E-state index in [1.165, 1.54) is 4.31 Å². The first-order valence-corrected chi connectivity index (χ1v) is 12.5. The SMILES string of the molecule is CC(=O)N1CCN(CCCS(=O)(=O)N(Cc2ccc(C(=O)NN)cc2)c2ccccc2)CC1. The maximum atomic E-state index is 13.3. The van der Waals surface area contributed by atoms with Crippen molar-refractivity contribution < 1.29 is 18.0 Å². The first-order chi connectivity index (χ1) is 15.8. The number of sulfonamides is 1. The minimum absolute atomic E-state index is 0.0163. The molecule has 3 N–H and O–H groups in total. The standard InChI is InChI=1S/C23H31N5O4S/c1-19(29)27-15-13-26(14-16-27)12-5-17-33(31,32)28(22-6-3-2-4-7-22)18-20-8-10-21(11-9-20)23(30)25-24/h2-4,6-11H,5,12-18,24H2,1H3,(H,25,30). The van der Waals surface area contributed by atoms with Gasteiger partial charge in [-0.25, -0.2) is 14.3 Å². The number of nitrogens with two attached hydrogens (primary N) is 1. The number of carbonyl (C=O) groups is 2. The molecule has 9 nitrogen and oxygen atoms in total. The number of hydrazine groups is 1. The third-order valence-corrected chi connectivity index (χ3v) is 7.56. The number of rotatable bonds is 9. The molecular weight excluding hydrogens is 442 g/mol. The van der Waals surface area contributed by atoms with Crippen molar-refractivity contribution in [2.45, 2.75) is 19.9 Å². The fraction of sp³-hybridized carbons (Fsp3) is 0.391. The minimum Gasteiger partial charge on any atom is -0.340 e. The summed E-state index contributed by atoms with van der Waals surface area (Å²) in [6, 6.07) is 15.7. The fourth-order valence-electron chi connectivity index (χ4n) is 3.82. The molecule has 0 aromatic heterocycles.